The fraction of sp³-hybridized carbons (Fsp3) is 0.956. The SMILES string of the molecule is CC(=O)OC1[C@H](O[C@H]2CC[C@]34CC35CC[C@]3(C)[C@@H]([C@]6(C)CC[C@@H](C(C)(C)O)O6)[C@@H](O)C[C@@]3(C)C5C[C@H](O[C@H]3O[C@@H](CO)C(O)[C@@H](O)C3O)C4C2(C)C)OCC(O)[C@@H]1OC(C)=O. The number of ether oxygens (including phenoxy) is 7. The molecule has 0 aromatic carbocycles. The molecule has 3 heterocycles. The summed E-state index contributed by atoms with van der Waals surface area (Å²) < 4.78 is 43.6. The molecular weight excluding hydrogens is 796 g/mol. The van der Waals surface area contributed by atoms with Crippen molar-refractivity contribution in [2.45, 2.75) is 211 Å². The van der Waals surface area contributed by atoms with Gasteiger partial charge in [-0.05, 0) is 117 Å². The van der Waals surface area contributed by atoms with Gasteiger partial charge in [-0.1, -0.05) is 27.7 Å². The molecule has 0 bridgehead atoms. The summed E-state index contributed by atoms with van der Waals surface area (Å²) in [7, 11) is 0. The molecule has 0 aromatic heterocycles. The molecule has 16 heteroatoms. The van der Waals surface area contributed by atoms with E-state index in [2.05, 4.69) is 34.6 Å². The third-order valence-corrected chi connectivity index (χ3v) is 18.2. The van der Waals surface area contributed by atoms with Crippen LogP contribution < -0.4 is 0 Å². The summed E-state index contributed by atoms with van der Waals surface area (Å²) in [5, 5.41) is 77.1. The number of aliphatic hydroxyl groups excluding tert-OH is 6. The third kappa shape index (κ3) is 6.89. The molecule has 61 heavy (non-hydrogen) atoms. The summed E-state index contributed by atoms with van der Waals surface area (Å²) in [6, 6.07) is 0. The fourth-order valence-electron chi connectivity index (χ4n) is 15.5. The minimum atomic E-state index is -1.63. The highest BCUT2D eigenvalue weighted by Crippen LogP contribution is 2.89. The van der Waals surface area contributed by atoms with Gasteiger partial charge in [-0.3, -0.25) is 9.59 Å². The Morgan fingerprint density at radius 3 is 2.05 bits per heavy atom. The van der Waals surface area contributed by atoms with Gasteiger partial charge in [0.25, 0.3) is 0 Å². The molecule has 16 nitrogen and oxygen atoms in total. The molecule has 3 aliphatic heterocycles. The Morgan fingerprint density at radius 2 is 1.43 bits per heavy atom. The van der Waals surface area contributed by atoms with Crippen LogP contribution in [0.25, 0.3) is 0 Å². The van der Waals surface area contributed by atoms with Crippen LogP contribution in [-0.2, 0) is 42.7 Å². The van der Waals surface area contributed by atoms with Crippen LogP contribution in [0, 0.1) is 44.8 Å². The molecule has 0 aromatic rings. The van der Waals surface area contributed by atoms with E-state index in [1.54, 1.807) is 13.8 Å². The number of carbonyl (C=O) groups excluding carboxylic acids is 2. The minimum Gasteiger partial charge on any atom is -0.455 e. The molecule has 7 N–H and O–H groups in total. The van der Waals surface area contributed by atoms with E-state index in [-0.39, 0.29) is 52.1 Å². The van der Waals surface area contributed by atoms with Gasteiger partial charge in [0.1, 0.15) is 30.5 Å². The molecule has 3 saturated heterocycles. The molecule has 21 atom stereocenters. The number of carbonyl (C=O) groups is 2. The van der Waals surface area contributed by atoms with Gasteiger partial charge in [0.15, 0.2) is 24.8 Å². The zero-order valence-electron chi connectivity index (χ0n) is 37.3. The largest absolute Gasteiger partial charge is 0.455 e. The maximum absolute atomic E-state index is 12.4. The first-order chi connectivity index (χ1) is 28.3. The molecule has 8 rings (SSSR count). The highest BCUT2D eigenvalue weighted by molar-refractivity contribution is 5.67. The van der Waals surface area contributed by atoms with E-state index in [0.717, 1.165) is 32.1 Å². The van der Waals surface area contributed by atoms with E-state index in [9.17, 15) is 45.3 Å². The van der Waals surface area contributed by atoms with E-state index in [1.165, 1.54) is 13.8 Å². The lowest BCUT2D eigenvalue weighted by molar-refractivity contribution is -0.339. The van der Waals surface area contributed by atoms with Gasteiger partial charge < -0.3 is 68.9 Å². The maximum atomic E-state index is 12.4. The van der Waals surface area contributed by atoms with Crippen molar-refractivity contribution in [3.8, 4) is 0 Å². The van der Waals surface area contributed by atoms with Crippen molar-refractivity contribution < 1.29 is 78.5 Å². The van der Waals surface area contributed by atoms with Crippen LogP contribution in [0.4, 0.5) is 0 Å². The number of fused-ring (bicyclic) bond motifs is 2. The Bertz CT molecular complexity index is 1680. The van der Waals surface area contributed by atoms with Crippen molar-refractivity contribution >= 4 is 11.9 Å². The highest BCUT2D eigenvalue weighted by atomic mass is 16.7. The highest BCUT2D eigenvalue weighted by Gasteiger charge is 2.85. The predicted octanol–water partition coefficient (Wildman–Crippen LogP) is 1.87. The van der Waals surface area contributed by atoms with Crippen LogP contribution >= 0.6 is 0 Å². The van der Waals surface area contributed by atoms with Crippen LogP contribution in [-0.4, -0.2) is 152 Å². The molecule has 348 valence electrons. The topological polar surface area (TPSA) is 240 Å². The van der Waals surface area contributed by atoms with Crippen molar-refractivity contribution in [1.82, 2.24) is 0 Å². The Labute approximate surface area is 358 Å². The molecular formula is C45H72O16. The maximum Gasteiger partial charge on any atom is 0.303 e. The molecule has 0 radical (unpaired) electrons. The second kappa shape index (κ2) is 15.3. The number of aliphatic hydroxyl groups is 7. The summed E-state index contributed by atoms with van der Waals surface area (Å²) in [5.41, 5.74) is -3.46. The molecule has 0 amide bonds. The first kappa shape index (κ1) is 46.0. The average molecular weight is 869 g/mol. The van der Waals surface area contributed by atoms with Crippen molar-refractivity contribution in [3.05, 3.63) is 0 Å². The second-order valence-corrected chi connectivity index (χ2v) is 22.2. The van der Waals surface area contributed by atoms with Crippen molar-refractivity contribution in [2.24, 2.45) is 44.8 Å². The van der Waals surface area contributed by atoms with Crippen molar-refractivity contribution in [2.75, 3.05) is 13.2 Å². The van der Waals surface area contributed by atoms with Crippen LogP contribution in [0.3, 0.4) is 0 Å². The van der Waals surface area contributed by atoms with E-state index < -0.39 is 109 Å². The van der Waals surface area contributed by atoms with Gasteiger partial charge in [-0.15, -0.1) is 0 Å². The van der Waals surface area contributed by atoms with E-state index in [4.69, 9.17) is 33.2 Å². The first-order valence-electron chi connectivity index (χ1n) is 22.6. The van der Waals surface area contributed by atoms with Gasteiger partial charge in [-0.2, -0.15) is 0 Å². The van der Waals surface area contributed by atoms with Crippen LogP contribution in [0.1, 0.15) is 120 Å². The monoisotopic (exact) mass is 868 g/mol. The minimum absolute atomic E-state index is 0.0638. The van der Waals surface area contributed by atoms with Gasteiger partial charge in [0.05, 0.1) is 48.8 Å². The van der Waals surface area contributed by atoms with E-state index >= 15 is 0 Å². The van der Waals surface area contributed by atoms with Gasteiger partial charge in [0.2, 0.25) is 0 Å². The Kier molecular flexibility index (Phi) is 11.5. The summed E-state index contributed by atoms with van der Waals surface area (Å²) in [6.07, 6.45) is -7.80. The lowest BCUT2D eigenvalue weighted by Crippen LogP contribution is -2.65. The van der Waals surface area contributed by atoms with Gasteiger partial charge in [-0.25, -0.2) is 0 Å². The lowest BCUT2D eigenvalue weighted by Gasteiger charge is -2.65. The lowest BCUT2D eigenvalue weighted by atomic mass is 9.41. The third-order valence-electron chi connectivity index (χ3n) is 18.2. The van der Waals surface area contributed by atoms with Crippen LogP contribution in [0.2, 0.25) is 0 Å². The van der Waals surface area contributed by atoms with Gasteiger partial charge in [0, 0.05) is 19.8 Å². The molecule has 8 fully saturated rings. The van der Waals surface area contributed by atoms with E-state index in [1.807, 2.05) is 0 Å². The van der Waals surface area contributed by atoms with E-state index in [0.29, 0.717) is 25.7 Å². The number of hydrogen-bond acceptors (Lipinski definition) is 16. The number of esters is 2. The summed E-state index contributed by atoms with van der Waals surface area (Å²) >= 11 is 0. The molecule has 5 aliphatic carbocycles. The second-order valence-electron chi connectivity index (χ2n) is 22.2. The summed E-state index contributed by atoms with van der Waals surface area (Å²) in [6.45, 7) is 16.1. The Morgan fingerprint density at radius 1 is 0.754 bits per heavy atom. The zero-order valence-corrected chi connectivity index (χ0v) is 37.3. The fourth-order valence-corrected chi connectivity index (χ4v) is 15.5. The van der Waals surface area contributed by atoms with Crippen molar-refractivity contribution in [1.29, 1.82) is 0 Å². The first-order valence-corrected chi connectivity index (χ1v) is 22.6. The quantitative estimate of drug-likeness (QED) is 0.129. The average Bonchev–Trinajstić information content (AvgIpc) is 3.52. The summed E-state index contributed by atoms with van der Waals surface area (Å²) in [5.74, 6) is -1.67. The predicted molar refractivity (Wildman–Crippen MR) is 213 cm³/mol. The normalized spacial score (nSPS) is 53.8. The van der Waals surface area contributed by atoms with Crippen molar-refractivity contribution in [3.63, 3.8) is 0 Å². The summed E-state index contributed by atoms with van der Waals surface area (Å²) in [4.78, 5) is 24.5. The smallest absolute Gasteiger partial charge is 0.303 e. The zero-order chi connectivity index (χ0) is 44.6. The molecule has 5 saturated carbocycles. The van der Waals surface area contributed by atoms with Gasteiger partial charge >= 0.3 is 11.9 Å². The van der Waals surface area contributed by atoms with Crippen LogP contribution in [0.15, 0.2) is 0 Å². The number of hydrogen-bond donors (Lipinski definition) is 7. The molecule has 7 unspecified atom stereocenters. The Balaban J connectivity index is 1.15. The van der Waals surface area contributed by atoms with Crippen LogP contribution in [0.5, 0.6) is 0 Å². The molecule has 2 spiro atoms. The Hall–Kier alpha value is -1.54. The molecule has 8 aliphatic rings. The number of rotatable bonds is 9. The standard InChI is InChI=1S/C45H72O16/c1-21(47)56-33-24(50)19-55-38(34(33)57-22(2)48)60-28-11-13-45-20-44(45)15-14-41(7)35(43(9)12-10-29(61-43)40(5,6)54)23(49)17-42(41,8)27(44)16-25(36(45)39(28,3)4)58-37-32(53)31(52)30(51)26(18-46)59-37/h23-38,46,49-54H,10-20H2,1-9H3/t23-,24?,25-,26-,27?,28-,29-,30?,31+,32?,33-,34?,35-,36?,37-,38-,41+,42-,43-,44?,45+/m0/s1.